The fourth-order valence-electron chi connectivity index (χ4n) is 4.21. The minimum atomic E-state index is -1.27. The van der Waals surface area contributed by atoms with Gasteiger partial charge in [0.05, 0.1) is 19.3 Å². The molecule has 0 saturated heterocycles. The topological polar surface area (TPSA) is 118 Å². The van der Waals surface area contributed by atoms with Gasteiger partial charge in [0.2, 0.25) is 17.7 Å². The zero-order chi connectivity index (χ0) is 29.0. The predicted molar refractivity (Wildman–Crippen MR) is 155 cm³/mol. The normalized spacial score (nSPS) is 22.2. The second kappa shape index (κ2) is 15.2. The van der Waals surface area contributed by atoms with Gasteiger partial charge >= 0.3 is 0 Å². The molecule has 1 aliphatic rings. The summed E-state index contributed by atoms with van der Waals surface area (Å²) in [7, 11) is 0. The molecule has 40 heavy (non-hydrogen) atoms. The number of nitrogens with one attached hydrogen (secondary N) is 4. The van der Waals surface area contributed by atoms with Gasteiger partial charge in [-0.25, -0.2) is 0 Å². The Morgan fingerprint density at radius 1 is 1.02 bits per heavy atom. The highest BCUT2D eigenvalue weighted by molar-refractivity contribution is 5.95. The lowest BCUT2D eigenvalue weighted by molar-refractivity contribution is -0.136. The molecule has 0 radical (unpaired) electrons. The quantitative estimate of drug-likeness (QED) is 0.440. The number of hydrogen-bond donors (Lipinski definition) is 4. The second-order valence-corrected chi connectivity index (χ2v) is 10.5. The van der Waals surface area contributed by atoms with Crippen LogP contribution in [0.5, 0.6) is 5.75 Å². The van der Waals surface area contributed by atoms with Crippen LogP contribution < -0.4 is 26.0 Å². The maximum Gasteiger partial charge on any atom is 0.245 e. The van der Waals surface area contributed by atoms with Gasteiger partial charge in [-0.1, -0.05) is 81.0 Å². The fourth-order valence-corrected chi connectivity index (χ4v) is 4.21. The molecule has 3 atom stereocenters. The maximum absolute atomic E-state index is 13.3. The van der Waals surface area contributed by atoms with Crippen LogP contribution in [0.25, 0.3) is 6.08 Å². The Labute approximate surface area is 237 Å². The zero-order valence-corrected chi connectivity index (χ0v) is 23.9. The van der Waals surface area contributed by atoms with Crippen molar-refractivity contribution in [2.75, 3.05) is 26.3 Å². The first kappa shape index (κ1) is 30.8. The van der Waals surface area contributed by atoms with Gasteiger partial charge in [0.1, 0.15) is 23.9 Å². The van der Waals surface area contributed by atoms with Gasteiger partial charge in [0.25, 0.3) is 0 Å². The molecule has 4 N–H and O–H groups in total. The standard InChI is InChI=1S/C31H42N4O5/c1-5-22(2)27-29(37)35-31(3,4)30(38)34-25(21-39-20-23-12-7-6-8-13-23)28(36)33-17-11-15-24-14-9-10-16-26(24)40-19-18-32-27/h6-16,22,25,27,32H,5,17-21H2,1-4H3,(H,33,36)(H,34,38)(H,35,37)/b15-11-. The summed E-state index contributed by atoms with van der Waals surface area (Å²) in [5.74, 6) is -0.442. The number of ether oxygens (including phenoxy) is 2. The fraction of sp³-hybridized carbons (Fsp3) is 0.452. The predicted octanol–water partition coefficient (Wildman–Crippen LogP) is 2.81. The molecule has 0 spiro atoms. The summed E-state index contributed by atoms with van der Waals surface area (Å²) in [5, 5.41) is 11.8. The minimum absolute atomic E-state index is 0.0181. The minimum Gasteiger partial charge on any atom is -0.492 e. The van der Waals surface area contributed by atoms with Gasteiger partial charge in [0, 0.05) is 18.7 Å². The molecule has 2 aromatic rings. The Morgan fingerprint density at radius 3 is 2.50 bits per heavy atom. The average molecular weight is 551 g/mol. The van der Waals surface area contributed by atoms with Crippen LogP contribution in [0.1, 0.15) is 45.2 Å². The molecular weight excluding hydrogens is 508 g/mol. The van der Waals surface area contributed by atoms with Crippen LogP contribution in [-0.2, 0) is 25.7 Å². The summed E-state index contributed by atoms with van der Waals surface area (Å²) in [4.78, 5) is 39.8. The first-order valence-corrected chi connectivity index (χ1v) is 13.9. The third-order valence-corrected chi connectivity index (χ3v) is 6.85. The number of amides is 3. The van der Waals surface area contributed by atoms with Crippen LogP contribution in [0.15, 0.2) is 60.7 Å². The summed E-state index contributed by atoms with van der Waals surface area (Å²) in [6.45, 7) is 8.55. The molecule has 3 amide bonds. The van der Waals surface area contributed by atoms with E-state index < -0.39 is 29.4 Å². The van der Waals surface area contributed by atoms with Crippen molar-refractivity contribution in [3.8, 4) is 5.75 Å². The summed E-state index contributed by atoms with van der Waals surface area (Å²) in [6, 6.07) is 15.7. The van der Waals surface area contributed by atoms with E-state index in [-0.39, 0.29) is 25.0 Å². The summed E-state index contributed by atoms with van der Waals surface area (Å²) in [6.07, 6.45) is 4.48. The monoisotopic (exact) mass is 550 g/mol. The number of fused-ring (bicyclic) bond motifs is 1. The first-order chi connectivity index (χ1) is 19.2. The molecule has 1 aliphatic heterocycles. The van der Waals surface area contributed by atoms with Crippen LogP contribution in [0.3, 0.4) is 0 Å². The highest BCUT2D eigenvalue weighted by Crippen LogP contribution is 2.19. The van der Waals surface area contributed by atoms with E-state index >= 15 is 0 Å². The van der Waals surface area contributed by atoms with Crippen molar-refractivity contribution in [3.63, 3.8) is 0 Å². The van der Waals surface area contributed by atoms with Gasteiger partial charge in [-0.3, -0.25) is 14.4 Å². The number of carbonyl (C=O) groups is 3. The molecule has 1 heterocycles. The second-order valence-electron chi connectivity index (χ2n) is 10.5. The van der Waals surface area contributed by atoms with Crippen molar-refractivity contribution in [2.24, 2.45) is 5.92 Å². The molecule has 0 aromatic heterocycles. The van der Waals surface area contributed by atoms with Crippen molar-refractivity contribution >= 4 is 23.8 Å². The number of rotatable bonds is 6. The van der Waals surface area contributed by atoms with E-state index in [4.69, 9.17) is 9.47 Å². The molecule has 3 rings (SSSR count). The number of para-hydroxylation sites is 1. The van der Waals surface area contributed by atoms with Crippen LogP contribution in [0.2, 0.25) is 0 Å². The first-order valence-electron chi connectivity index (χ1n) is 13.9. The molecule has 9 heteroatoms. The molecular formula is C31H42N4O5. The van der Waals surface area contributed by atoms with Gasteiger partial charge in [-0.15, -0.1) is 0 Å². The molecule has 9 nitrogen and oxygen atoms in total. The molecule has 3 unspecified atom stereocenters. The molecule has 0 fully saturated rings. The maximum atomic E-state index is 13.3. The average Bonchev–Trinajstić information content (AvgIpc) is 2.94. The number of hydrogen-bond acceptors (Lipinski definition) is 6. The van der Waals surface area contributed by atoms with Crippen molar-refractivity contribution in [1.82, 2.24) is 21.3 Å². The molecule has 0 aliphatic carbocycles. The third-order valence-electron chi connectivity index (χ3n) is 6.85. The van der Waals surface area contributed by atoms with Gasteiger partial charge in [-0.05, 0) is 31.4 Å². The summed E-state index contributed by atoms with van der Waals surface area (Å²) >= 11 is 0. The Hall–Kier alpha value is -3.69. The third kappa shape index (κ3) is 9.20. The van der Waals surface area contributed by atoms with Crippen molar-refractivity contribution in [1.29, 1.82) is 0 Å². The van der Waals surface area contributed by atoms with E-state index in [1.165, 1.54) is 0 Å². The molecule has 2 aromatic carbocycles. The van der Waals surface area contributed by atoms with E-state index in [1.807, 2.05) is 80.6 Å². The van der Waals surface area contributed by atoms with Crippen molar-refractivity contribution < 1.29 is 23.9 Å². The van der Waals surface area contributed by atoms with E-state index in [2.05, 4.69) is 21.3 Å². The smallest absolute Gasteiger partial charge is 0.245 e. The van der Waals surface area contributed by atoms with Crippen molar-refractivity contribution in [2.45, 2.75) is 58.3 Å². The van der Waals surface area contributed by atoms with Gasteiger partial charge < -0.3 is 30.7 Å². The van der Waals surface area contributed by atoms with E-state index in [0.29, 0.717) is 25.5 Å². The lowest BCUT2D eigenvalue weighted by Gasteiger charge is -2.31. The van der Waals surface area contributed by atoms with Crippen LogP contribution in [0, 0.1) is 5.92 Å². The van der Waals surface area contributed by atoms with Gasteiger partial charge in [-0.2, -0.15) is 0 Å². The summed E-state index contributed by atoms with van der Waals surface area (Å²) < 4.78 is 11.8. The van der Waals surface area contributed by atoms with E-state index in [1.54, 1.807) is 13.8 Å². The van der Waals surface area contributed by atoms with Crippen LogP contribution in [-0.4, -0.2) is 61.6 Å². The summed E-state index contributed by atoms with van der Waals surface area (Å²) in [5.41, 5.74) is 0.546. The molecule has 0 saturated carbocycles. The highest BCUT2D eigenvalue weighted by atomic mass is 16.5. The van der Waals surface area contributed by atoms with Crippen LogP contribution >= 0.6 is 0 Å². The number of benzene rings is 2. The Bertz CT molecular complexity index is 1150. The Kier molecular flexibility index (Phi) is 11.7. The Balaban J connectivity index is 1.82. The highest BCUT2D eigenvalue weighted by Gasteiger charge is 2.35. The molecule has 0 bridgehead atoms. The SMILES string of the molecule is CCC(C)C1NCCOc2ccccc2/C=C\CNC(=O)C(COCc2ccccc2)NC(=O)C(C)(C)NC1=O. The van der Waals surface area contributed by atoms with E-state index in [9.17, 15) is 14.4 Å². The molecule has 216 valence electrons. The Morgan fingerprint density at radius 2 is 1.75 bits per heavy atom. The lowest BCUT2D eigenvalue weighted by Crippen LogP contribution is -2.62. The number of carbonyl (C=O) groups excluding carboxylic acids is 3. The van der Waals surface area contributed by atoms with Gasteiger partial charge in [0.15, 0.2) is 0 Å². The van der Waals surface area contributed by atoms with Crippen molar-refractivity contribution in [3.05, 3.63) is 71.8 Å². The zero-order valence-electron chi connectivity index (χ0n) is 23.9. The lowest BCUT2D eigenvalue weighted by atomic mass is 9.96. The van der Waals surface area contributed by atoms with E-state index in [0.717, 1.165) is 17.5 Å². The largest absolute Gasteiger partial charge is 0.492 e. The van der Waals surface area contributed by atoms with Crippen LogP contribution in [0.4, 0.5) is 0 Å².